The highest BCUT2D eigenvalue weighted by molar-refractivity contribution is 7.90. The van der Waals surface area contributed by atoms with Gasteiger partial charge in [0, 0.05) is 19.6 Å². The molecule has 1 heterocycles. The topological polar surface area (TPSA) is 83.6 Å². The van der Waals surface area contributed by atoms with E-state index in [0.717, 1.165) is 12.8 Å². The lowest BCUT2D eigenvalue weighted by Crippen LogP contribution is -2.42. The van der Waals surface area contributed by atoms with Crippen LogP contribution < -0.4 is 4.72 Å². The summed E-state index contributed by atoms with van der Waals surface area (Å²) in [6.07, 6.45) is 2.80. The fraction of sp³-hybridized carbons (Fsp3) is 0.625. The maximum atomic E-state index is 13.1. The summed E-state index contributed by atoms with van der Waals surface area (Å²) in [5.74, 6) is -0.607. The Labute approximate surface area is 148 Å². The molecule has 2 fully saturated rings. The molecule has 1 aliphatic heterocycles. The Bertz CT molecular complexity index is 814. The van der Waals surface area contributed by atoms with Gasteiger partial charge in [-0.3, -0.25) is 0 Å². The minimum Gasteiger partial charge on any atom is -0.215 e. The summed E-state index contributed by atoms with van der Waals surface area (Å²) in [5.41, 5.74) is 0.401. The fourth-order valence-electron chi connectivity index (χ4n) is 3.09. The van der Waals surface area contributed by atoms with Crippen LogP contribution in [0.4, 0.5) is 4.39 Å². The number of hydrogen-bond donors (Lipinski definition) is 1. The first-order valence-electron chi connectivity index (χ1n) is 8.47. The second-order valence-corrected chi connectivity index (χ2v) is 10.8. The summed E-state index contributed by atoms with van der Waals surface area (Å²) < 4.78 is 65.9. The third-order valence-corrected chi connectivity index (χ3v) is 8.44. The molecule has 0 spiro atoms. The Morgan fingerprint density at radius 3 is 2.36 bits per heavy atom. The number of nitrogens with zero attached hydrogens (tertiary/aromatic N) is 1. The summed E-state index contributed by atoms with van der Waals surface area (Å²) in [5, 5.41) is -0.200. The van der Waals surface area contributed by atoms with Gasteiger partial charge in [-0.15, -0.1) is 0 Å². The zero-order valence-corrected chi connectivity index (χ0v) is 15.5. The summed E-state index contributed by atoms with van der Waals surface area (Å²) >= 11 is 0. The molecule has 0 atom stereocenters. The van der Waals surface area contributed by atoms with E-state index in [9.17, 15) is 21.2 Å². The average Bonchev–Trinajstić information content (AvgIpc) is 3.38. The highest BCUT2D eigenvalue weighted by Gasteiger charge is 2.41. The number of nitrogens with one attached hydrogen (secondary N) is 1. The second kappa shape index (κ2) is 7.30. The van der Waals surface area contributed by atoms with Gasteiger partial charge >= 0.3 is 0 Å². The molecule has 3 rings (SSSR count). The minimum absolute atomic E-state index is 0.118. The van der Waals surface area contributed by atoms with Gasteiger partial charge in [0.15, 0.2) is 0 Å². The molecule has 0 aromatic heterocycles. The zero-order valence-electron chi connectivity index (χ0n) is 13.9. The van der Waals surface area contributed by atoms with Crippen LogP contribution in [0.5, 0.6) is 0 Å². The quantitative estimate of drug-likeness (QED) is 0.764. The average molecular weight is 391 g/mol. The van der Waals surface area contributed by atoms with E-state index in [0.29, 0.717) is 31.5 Å². The van der Waals surface area contributed by atoms with Crippen LogP contribution in [0.3, 0.4) is 0 Å². The molecule has 0 bridgehead atoms. The van der Waals surface area contributed by atoms with Gasteiger partial charge in [0.05, 0.1) is 11.0 Å². The molecule has 1 N–H and O–H groups in total. The van der Waals surface area contributed by atoms with Gasteiger partial charge in [0.1, 0.15) is 5.82 Å². The van der Waals surface area contributed by atoms with Gasteiger partial charge in [-0.1, -0.05) is 12.1 Å². The maximum absolute atomic E-state index is 13.1. The van der Waals surface area contributed by atoms with Gasteiger partial charge in [-0.2, -0.15) is 0 Å². The first-order chi connectivity index (χ1) is 11.8. The van der Waals surface area contributed by atoms with Crippen molar-refractivity contribution in [3.63, 3.8) is 0 Å². The third kappa shape index (κ3) is 4.99. The number of benzene rings is 1. The number of halogens is 1. The maximum Gasteiger partial charge on any atom is 0.216 e. The smallest absolute Gasteiger partial charge is 0.215 e. The van der Waals surface area contributed by atoms with Crippen molar-refractivity contribution in [1.82, 2.24) is 9.03 Å². The van der Waals surface area contributed by atoms with Crippen LogP contribution >= 0.6 is 0 Å². The molecule has 0 radical (unpaired) electrons. The normalized spacial score (nSPS) is 20.7. The van der Waals surface area contributed by atoms with Crippen LogP contribution in [0, 0.1) is 11.7 Å². The van der Waals surface area contributed by atoms with E-state index in [1.807, 2.05) is 0 Å². The van der Waals surface area contributed by atoms with E-state index in [1.165, 1.54) is 18.2 Å². The van der Waals surface area contributed by atoms with Crippen molar-refractivity contribution in [3.05, 3.63) is 35.6 Å². The summed E-state index contributed by atoms with van der Waals surface area (Å²) in [7, 11) is -6.69. The van der Waals surface area contributed by atoms with Gasteiger partial charge in [0.2, 0.25) is 20.0 Å². The Morgan fingerprint density at radius 1 is 1.08 bits per heavy atom. The van der Waals surface area contributed by atoms with Gasteiger partial charge in [-0.25, -0.2) is 30.3 Å². The van der Waals surface area contributed by atoms with Crippen LogP contribution in [-0.2, 0) is 25.8 Å². The molecular weight excluding hydrogens is 367 g/mol. The van der Waals surface area contributed by atoms with Crippen molar-refractivity contribution in [3.8, 4) is 0 Å². The van der Waals surface area contributed by atoms with Crippen molar-refractivity contribution in [1.29, 1.82) is 0 Å². The number of hydrogen-bond acceptors (Lipinski definition) is 4. The van der Waals surface area contributed by atoms with Gasteiger partial charge in [0.25, 0.3) is 0 Å². The van der Waals surface area contributed by atoms with Crippen LogP contribution in [0.25, 0.3) is 0 Å². The minimum atomic E-state index is -3.54. The molecule has 1 aromatic rings. The molecule has 2 aliphatic rings. The monoisotopic (exact) mass is 390 g/mol. The van der Waals surface area contributed by atoms with Gasteiger partial charge < -0.3 is 0 Å². The van der Waals surface area contributed by atoms with Crippen LogP contribution in [0.15, 0.2) is 24.3 Å². The second-order valence-electron chi connectivity index (χ2n) is 6.82. The number of piperidine rings is 1. The fourth-order valence-corrected chi connectivity index (χ4v) is 6.17. The van der Waals surface area contributed by atoms with Crippen LogP contribution in [-0.4, -0.2) is 46.0 Å². The molecule has 1 aromatic carbocycles. The molecule has 25 heavy (non-hydrogen) atoms. The summed E-state index contributed by atoms with van der Waals surface area (Å²) in [4.78, 5) is 0. The number of rotatable bonds is 7. The highest BCUT2D eigenvalue weighted by atomic mass is 32.2. The zero-order chi connectivity index (χ0) is 18.1. The van der Waals surface area contributed by atoms with E-state index < -0.39 is 25.9 Å². The van der Waals surface area contributed by atoms with Crippen molar-refractivity contribution >= 4 is 20.0 Å². The molecule has 1 saturated carbocycles. The molecular formula is C16H23FN2O4S2. The lowest BCUT2D eigenvalue weighted by Gasteiger charge is -2.31. The van der Waals surface area contributed by atoms with E-state index in [-0.39, 0.29) is 23.5 Å². The standard InChI is InChI=1S/C16H23FN2O4S2/c17-15-3-1-2-14(10-15)12-24(20,21)18-11-13-6-8-19(9-7-13)25(22,23)16-4-5-16/h1-3,10,13,16,18H,4-9,11-12H2. The van der Waals surface area contributed by atoms with E-state index in [1.54, 1.807) is 10.4 Å². The molecule has 140 valence electrons. The Balaban J connectivity index is 1.47. The molecule has 9 heteroatoms. The lowest BCUT2D eigenvalue weighted by atomic mass is 9.99. The molecule has 0 unspecified atom stereocenters. The summed E-state index contributed by atoms with van der Waals surface area (Å²) in [6.45, 7) is 1.19. The lowest BCUT2D eigenvalue weighted by molar-refractivity contribution is 0.274. The summed E-state index contributed by atoms with van der Waals surface area (Å²) in [6, 6.07) is 5.53. The van der Waals surface area contributed by atoms with E-state index in [4.69, 9.17) is 0 Å². The van der Waals surface area contributed by atoms with Crippen LogP contribution in [0.1, 0.15) is 31.2 Å². The molecule has 1 saturated heterocycles. The predicted octanol–water partition coefficient (Wildman–Crippen LogP) is 1.45. The van der Waals surface area contributed by atoms with E-state index >= 15 is 0 Å². The third-order valence-electron chi connectivity index (χ3n) is 4.72. The van der Waals surface area contributed by atoms with Crippen molar-refractivity contribution in [2.45, 2.75) is 36.7 Å². The van der Waals surface area contributed by atoms with Crippen molar-refractivity contribution in [2.75, 3.05) is 19.6 Å². The Kier molecular flexibility index (Phi) is 5.48. The van der Waals surface area contributed by atoms with Gasteiger partial charge in [-0.05, 0) is 49.3 Å². The predicted molar refractivity (Wildman–Crippen MR) is 93.3 cm³/mol. The van der Waals surface area contributed by atoms with Crippen molar-refractivity contribution in [2.24, 2.45) is 5.92 Å². The Hall–Kier alpha value is -1.03. The van der Waals surface area contributed by atoms with Crippen LogP contribution in [0.2, 0.25) is 0 Å². The first-order valence-corrected chi connectivity index (χ1v) is 11.6. The Morgan fingerprint density at radius 2 is 1.76 bits per heavy atom. The molecule has 1 aliphatic carbocycles. The molecule has 6 nitrogen and oxygen atoms in total. The number of sulfonamides is 2. The largest absolute Gasteiger partial charge is 0.216 e. The first kappa shape index (κ1) is 18.8. The van der Waals surface area contributed by atoms with E-state index in [2.05, 4.69) is 4.72 Å². The highest BCUT2D eigenvalue weighted by Crippen LogP contribution is 2.33. The molecule has 0 amide bonds. The SMILES string of the molecule is O=S(=O)(Cc1cccc(F)c1)NCC1CCN(S(=O)(=O)C2CC2)CC1. The van der Waals surface area contributed by atoms with Crippen molar-refractivity contribution < 1.29 is 21.2 Å².